The molecule has 4 aliphatic rings. The standard InChI is InChI=1S/C23H36O3/c1-21-12-10-16(24)14-15(21)6-7-17-18-8-9-20(23(3,25-4)26-5)22(18,2)13-11-19(17)21/h14,17-20H,6-13H2,1-5H3/t17-,18-,19-,20?,21-,22-/m0/s1. The number of fused-ring (bicyclic) bond motifs is 5. The molecule has 0 heterocycles. The van der Waals surface area contributed by atoms with Crippen molar-refractivity contribution in [2.75, 3.05) is 14.2 Å². The molecule has 3 nitrogen and oxygen atoms in total. The van der Waals surface area contributed by atoms with E-state index < -0.39 is 5.79 Å². The van der Waals surface area contributed by atoms with Crippen LogP contribution in [0.2, 0.25) is 0 Å². The van der Waals surface area contributed by atoms with Gasteiger partial charge >= 0.3 is 0 Å². The van der Waals surface area contributed by atoms with Gasteiger partial charge in [0.1, 0.15) is 0 Å². The summed E-state index contributed by atoms with van der Waals surface area (Å²) < 4.78 is 11.7. The third-order valence-electron chi connectivity index (χ3n) is 9.41. The van der Waals surface area contributed by atoms with Gasteiger partial charge in [0.2, 0.25) is 0 Å². The molecule has 0 N–H and O–H groups in total. The number of carbonyl (C=O) groups excluding carboxylic acids is 1. The summed E-state index contributed by atoms with van der Waals surface area (Å²) in [7, 11) is 3.59. The predicted molar refractivity (Wildman–Crippen MR) is 103 cm³/mol. The molecule has 0 bridgehead atoms. The smallest absolute Gasteiger partial charge is 0.168 e. The average molecular weight is 361 g/mol. The predicted octanol–water partition coefficient (Wildman–Crippen LogP) is 5.14. The molecule has 4 rings (SSSR count). The van der Waals surface area contributed by atoms with Crippen LogP contribution in [-0.4, -0.2) is 25.8 Å². The molecule has 0 aliphatic heterocycles. The Bertz CT molecular complexity index is 619. The lowest BCUT2D eigenvalue weighted by Crippen LogP contribution is -2.53. The highest BCUT2D eigenvalue weighted by atomic mass is 16.7. The highest BCUT2D eigenvalue weighted by Gasteiger charge is 2.62. The number of ether oxygens (including phenoxy) is 2. The second kappa shape index (κ2) is 6.17. The van der Waals surface area contributed by atoms with Crippen molar-refractivity contribution in [3.05, 3.63) is 11.6 Å². The van der Waals surface area contributed by atoms with Crippen LogP contribution in [-0.2, 0) is 14.3 Å². The third kappa shape index (κ3) is 2.42. The van der Waals surface area contributed by atoms with Crippen molar-refractivity contribution in [1.82, 2.24) is 0 Å². The molecular weight excluding hydrogens is 324 g/mol. The minimum Gasteiger partial charge on any atom is -0.353 e. The summed E-state index contributed by atoms with van der Waals surface area (Å²) >= 11 is 0. The number of hydrogen-bond acceptors (Lipinski definition) is 3. The Morgan fingerprint density at radius 3 is 2.42 bits per heavy atom. The second-order valence-corrected chi connectivity index (χ2v) is 10.1. The van der Waals surface area contributed by atoms with Gasteiger partial charge in [0.15, 0.2) is 11.6 Å². The monoisotopic (exact) mass is 360 g/mol. The quantitative estimate of drug-likeness (QED) is 0.654. The van der Waals surface area contributed by atoms with E-state index in [0.717, 1.165) is 37.0 Å². The normalized spacial score (nSPS) is 45.6. The van der Waals surface area contributed by atoms with E-state index in [1.807, 2.05) is 6.08 Å². The molecule has 4 aliphatic carbocycles. The zero-order chi connectivity index (χ0) is 18.7. The Morgan fingerprint density at radius 1 is 1.00 bits per heavy atom. The van der Waals surface area contributed by atoms with Crippen LogP contribution in [0, 0.1) is 34.5 Å². The van der Waals surface area contributed by atoms with Crippen molar-refractivity contribution in [3.63, 3.8) is 0 Å². The van der Waals surface area contributed by atoms with Crippen LogP contribution in [0.15, 0.2) is 11.6 Å². The zero-order valence-corrected chi connectivity index (χ0v) is 17.3. The Kier molecular flexibility index (Phi) is 4.43. The molecule has 0 aromatic heterocycles. The lowest BCUT2D eigenvalue weighted by atomic mass is 9.46. The van der Waals surface area contributed by atoms with Gasteiger partial charge in [0, 0.05) is 26.6 Å². The van der Waals surface area contributed by atoms with Gasteiger partial charge in [-0.3, -0.25) is 4.79 Å². The zero-order valence-electron chi connectivity index (χ0n) is 17.3. The molecule has 3 saturated carbocycles. The number of carbonyl (C=O) groups is 1. The van der Waals surface area contributed by atoms with Crippen molar-refractivity contribution in [2.45, 2.75) is 77.9 Å². The van der Waals surface area contributed by atoms with E-state index in [1.165, 1.54) is 37.7 Å². The van der Waals surface area contributed by atoms with Crippen molar-refractivity contribution >= 4 is 5.78 Å². The second-order valence-electron chi connectivity index (χ2n) is 10.1. The summed E-state index contributed by atoms with van der Waals surface area (Å²) in [5, 5.41) is 0. The number of methoxy groups -OCH3 is 2. The van der Waals surface area contributed by atoms with E-state index in [9.17, 15) is 4.79 Å². The van der Waals surface area contributed by atoms with Gasteiger partial charge in [-0.2, -0.15) is 0 Å². The first-order valence-electron chi connectivity index (χ1n) is 10.6. The first-order chi connectivity index (χ1) is 12.3. The molecule has 6 atom stereocenters. The molecular formula is C23H36O3. The maximum absolute atomic E-state index is 12.0. The Labute approximate surface area is 158 Å². The average Bonchev–Trinajstić information content (AvgIpc) is 2.99. The molecule has 26 heavy (non-hydrogen) atoms. The van der Waals surface area contributed by atoms with E-state index in [4.69, 9.17) is 9.47 Å². The van der Waals surface area contributed by atoms with Crippen molar-refractivity contribution in [2.24, 2.45) is 34.5 Å². The molecule has 0 saturated heterocycles. The van der Waals surface area contributed by atoms with Crippen LogP contribution in [0.25, 0.3) is 0 Å². The molecule has 0 amide bonds. The lowest BCUT2D eigenvalue weighted by molar-refractivity contribution is -0.252. The highest BCUT2D eigenvalue weighted by molar-refractivity contribution is 5.91. The molecule has 3 heteroatoms. The first kappa shape index (κ1) is 18.7. The van der Waals surface area contributed by atoms with E-state index in [1.54, 1.807) is 14.2 Å². The van der Waals surface area contributed by atoms with Crippen LogP contribution in [0.5, 0.6) is 0 Å². The first-order valence-corrected chi connectivity index (χ1v) is 10.6. The van der Waals surface area contributed by atoms with Crippen molar-refractivity contribution in [3.8, 4) is 0 Å². The number of rotatable bonds is 3. The van der Waals surface area contributed by atoms with E-state index in [-0.39, 0.29) is 5.41 Å². The summed E-state index contributed by atoms with van der Waals surface area (Å²) in [6.45, 7) is 7.11. The van der Waals surface area contributed by atoms with Crippen molar-refractivity contribution in [1.29, 1.82) is 0 Å². The van der Waals surface area contributed by atoms with Crippen LogP contribution in [0.3, 0.4) is 0 Å². The number of hydrogen-bond donors (Lipinski definition) is 0. The fourth-order valence-electron chi connectivity index (χ4n) is 7.79. The number of allylic oxidation sites excluding steroid dienone is 1. The van der Waals surface area contributed by atoms with Gasteiger partial charge in [-0.15, -0.1) is 0 Å². The minimum atomic E-state index is -0.475. The summed E-state index contributed by atoms with van der Waals surface area (Å²) in [5.41, 5.74) is 2.04. The van der Waals surface area contributed by atoms with E-state index >= 15 is 0 Å². The largest absolute Gasteiger partial charge is 0.353 e. The van der Waals surface area contributed by atoms with E-state index in [2.05, 4.69) is 20.8 Å². The van der Waals surface area contributed by atoms with Gasteiger partial charge in [-0.1, -0.05) is 19.4 Å². The summed E-state index contributed by atoms with van der Waals surface area (Å²) in [6, 6.07) is 0. The van der Waals surface area contributed by atoms with Gasteiger partial charge in [-0.05, 0) is 86.5 Å². The summed E-state index contributed by atoms with van der Waals surface area (Å²) in [5.74, 6) is 2.67. The third-order valence-corrected chi connectivity index (χ3v) is 9.41. The summed E-state index contributed by atoms with van der Waals surface area (Å²) in [4.78, 5) is 12.0. The Morgan fingerprint density at radius 2 is 1.73 bits per heavy atom. The molecule has 0 aromatic carbocycles. The lowest BCUT2D eigenvalue weighted by Gasteiger charge is -2.59. The molecule has 146 valence electrons. The fraction of sp³-hybridized carbons (Fsp3) is 0.870. The van der Waals surface area contributed by atoms with Crippen LogP contribution < -0.4 is 0 Å². The van der Waals surface area contributed by atoms with E-state index in [0.29, 0.717) is 17.1 Å². The van der Waals surface area contributed by atoms with Gasteiger partial charge in [0.05, 0.1) is 0 Å². The Hall–Kier alpha value is -0.670. The Balaban J connectivity index is 1.64. The van der Waals surface area contributed by atoms with Crippen LogP contribution >= 0.6 is 0 Å². The van der Waals surface area contributed by atoms with Crippen LogP contribution in [0.1, 0.15) is 72.1 Å². The van der Waals surface area contributed by atoms with Gasteiger partial charge in [0.25, 0.3) is 0 Å². The van der Waals surface area contributed by atoms with Crippen LogP contribution in [0.4, 0.5) is 0 Å². The fourth-order valence-corrected chi connectivity index (χ4v) is 7.79. The van der Waals surface area contributed by atoms with Gasteiger partial charge in [-0.25, -0.2) is 0 Å². The summed E-state index contributed by atoms with van der Waals surface area (Å²) in [6.07, 6.45) is 11.3. The maximum atomic E-state index is 12.0. The topological polar surface area (TPSA) is 35.5 Å². The molecule has 1 unspecified atom stereocenters. The van der Waals surface area contributed by atoms with Gasteiger partial charge < -0.3 is 9.47 Å². The minimum absolute atomic E-state index is 0.266. The number of ketones is 1. The molecule has 3 fully saturated rings. The van der Waals surface area contributed by atoms with Crippen molar-refractivity contribution < 1.29 is 14.3 Å². The molecule has 0 aromatic rings. The SMILES string of the molecule is COC(C)(OC)C1CC[C@H]2[C@@H]3CCC4=CC(=O)CC[C@]4(C)[C@H]3CC[C@]12C. The highest BCUT2D eigenvalue weighted by Crippen LogP contribution is 2.68. The molecule has 0 radical (unpaired) electrons. The molecule has 0 spiro atoms. The maximum Gasteiger partial charge on any atom is 0.168 e.